The summed E-state index contributed by atoms with van der Waals surface area (Å²) in [6.07, 6.45) is 0. The van der Waals surface area contributed by atoms with E-state index < -0.39 is 5.56 Å². The van der Waals surface area contributed by atoms with E-state index in [0.29, 0.717) is 12.2 Å². The lowest BCUT2D eigenvalue weighted by Gasteiger charge is -2.25. The summed E-state index contributed by atoms with van der Waals surface area (Å²) in [4.78, 5) is 27.7. The Balaban J connectivity index is 1.73. The first kappa shape index (κ1) is 19.1. The minimum atomic E-state index is -0.393. The average Bonchev–Trinajstić information content (AvgIpc) is 2.67. The molecule has 0 saturated heterocycles. The second kappa shape index (κ2) is 7.92. The quantitative estimate of drug-likeness (QED) is 0.632. The molecule has 27 heavy (non-hydrogen) atoms. The molecule has 5 heteroatoms. The van der Waals surface area contributed by atoms with Gasteiger partial charge in [0.1, 0.15) is 5.56 Å². The van der Waals surface area contributed by atoms with Crippen molar-refractivity contribution in [2.75, 3.05) is 6.54 Å². The Labute approximate surface area is 166 Å². The van der Waals surface area contributed by atoms with Crippen LogP contribution in [0.3, 0.4) is 0 Å². The van der Waals surface area contributed by atoms with Crippen LogP contribution in [-0.2, 0) is 5.41 Å². The molecule has 3 rings (SSSR count). The van der Waals surface area contributed by atoms with Crippen LogP contribution in [0, 0.1) is 0 Å². The van der Waals surface area contributed by atoms with Crippen LogP contribution in [0.2, 0.25) is 0 Å². The first-order valence-electron chi connectivity index (χ1n) is 8.70. The summed E-state index contributed by atoms with van der Waals surface area (Å²) in [6.45, 7) is 4.53. The number of carbonyl (C=O) groups is 1. The van der Waals surface area contributed by atoms with E-state index in [0.717, 1.165) is 15.6 Å². The molecule has 0 aliphatic carbocycles. The van der Waals surface area contributed by atoms with Crippen molar-refractivity contribution in [3.63, 3.8) is 0 Å². The zero-order chi connectivity index (χ0) is 19.4. The smallest absolute Gasteiger partial charge is 0.261 e. The highest BCUT2D eigenvalue weighted by Gasteiger charge is 2.22. The molecule has 2 N–H and O–H groups in total. The third-order valence-electron chi connectivity index (χ3n) is 4.56. The summed E-state index contributed by atoms with van der Waals surface area (Å²) < 4.78 is 1.01. The molecular weight excluding hydrogens is 404 g/mol. The number of hydrogen-bond donors (Lipinski definition) is 2. The van der Waals surface area contributed by atoms with Gasteiger partial charge < -0.3 is 10.3 Å². The summed E-state index contributed by atoms with van der Waals surface area (Å²) in [7, 11) is 0. The van der Waals surface area contributed by atoms with E-state index in [1.54, 1.807) is 12.1 Å². The lowest BCUT2D eigenvalue weighted by molar-refractivity contribution is 0.0944. The van der Waals surface area contributed by atoms with E-state index in [4.69, 9.17) is 0 Å². The molecule has 0 saturated carbocycles. The number of benzene rings is 2. The number of aromatic nitrogens is 1. The van der Waals surface area contributed by atoms with Gasteiger partial charge in [-0.15, -0.1) is 0 Å². The minimum Gasteiger partial charge on any atom is -0.351 e. The van der Waals surface area contributed by atoms with Crippen molar-refractivity contribution in [3.8, 4) is 11.3 Å². The maximum atomic E-state index is 12.5. The summed E-state index contributed by atoms with van der Waals surface area (Å²) in [5.41, 5.74) is 2.16. The van der Waals surface area contributed by atoms with Gasteiger partial charge in [0, 0.05) is 22.1 Å². The van der Waals surface area contributed by atoms with Gasteiger partial charge in [-0.1, -0.05) is 72.2 Å². The highest BCUT2D eigenvalue weighted by Crippen LogP contribution is 2.24. The molecule has 0 aliphatic rings. The van der Waals surface area contributed by atoms with Crippen molar-refractivity contribution in [2.24, 2.45) is 0 Å². The molecule has 1 aromatic heterocycles. The summed E-state index contributed by atoms with van der Waals surface area (Å²) in [5.74, 6) is -0.374. The van der Waals surface area contributed by atoms with Gasteiger partial charge in [-0.3, -0.25) is 9.59 Å². The fourth-order valence-electron chi connectivity index (χ4n) is 2.84. The third-order valence-corrected chi connectivity index (χ3v) is 5.08. The van der Waals surface area contributed by atoms with Crippen LogP contribution in [0.25, 0.3) is 11.3 Å². The SMILES string of the molecule is CC(C)(CNC(=O)c1ccc(-c2ccccc2)[nH]c1=O)c1ccc(Br)cc1. The number of nitrogens with one attached hydrogen (secondary N) is 2. The Morgan fingerprint density at radius 1 is 1.00 bits per heavy atom. The largest absolute Gasteiger partial charge is 0.351 e. The number of pyridine rings is 1. The molecule has 0 radical (unpaired) electrons. The molecule has 0 atom stereocenters. The molecule has 0 aliphatic heterocycles. The molecule has 2 aromatic carbocycles. The molecule has 0 unspecified atom stereocenters. The first-order valence-corrected chi connectivity index (χ1v) is 9.49. The van der Waals surface area contributed by atoms with Gasteiger partial charge >= 0.3 is 0 Å². The lowest BCUT2D eigenvalue weighted by atomic mass is 9.84. The number of H-pyrrole nitrogens is 1. The normalized spacial score (nSPS) is 11.2. The molecule has 138 valence electrons. The maximum Gasteiger partial charge on any atom is 0.261 e. The molecule has 0 spiro atoms. The highest BCUT2D eigenvalue weighted by atomic mass is 79.9. The van der Waals surface area contributed by atoms with E-state index in [1.807, 2.05) is 54.6 Å². The molecule has 3 aromatic rings. The molecule has 4 nitrogen and oxygen atoms in total. The molecule has 1 heterocycles. The van der Waals surface area contributed by atoms with Gasteiger partial charge in [-0.25, -0.2) is 0 Å². The maximum absolute atomic E-state index is 12.5. The summed E-state index contributed by atoms with van der Waals surface area (Å²) in [6, 6.07) is 20.9. The fourth-order valence-corrected chi connectivity index (χ4v) is 3.10. The van der Waals surface area contributed by atoms with Crippen molar-refractivity contribution in [2.45, 2.75) is 19.3 Å². The third kappa shape index (κ3) is 4.55. The number of halogens is 1. The molecule has 0 bridgehead atoms. The standard InChI is InChI=1S/C22H21BrN2O2/c1-22(2,16-8-10-17(23)11-9-16)14-24-20(26)18-12-13-19(25-21(18)27)15-6-4-3-5-7-15/h3-13H,14H2,1-2H3,(H,24,26)(H,25,27). The van der Waals surface area contributed by atoms with E-state index in [1.165, 1.54) is 0 Å². The lowest BCUT2D eigenvalue weighted by Crippen LogP contribution is -2.38. The van der Waals surface area contributed by atoms with Crippen molar-refractivity contribution in [1.82, 2.24) is 10.3 Å². The minimum absolute atomic E-state index is 0.112. The topological polar surface area (TPSA) is 62.0 Å². The predicted octanol–water partition coefficient (Wildman–Crippen LogP) is 4.51. The fraction of sp³-hybridized carbons (Fsp3) is 0.182. The van der Waals surface area contributed by atoms with Gasteiger partial charge in [-0.2, -0.15) is 0 Å². The van der Waals surface area contributed by atoms with Crippen molar-refractivity contribution in [1.29, 1.82) is 0 Å². The molecular formula is C22H21BrN2O2. The highest BCUT2D eigenvalue weighted by molar-refractivity contribution is 9.10. The number of carbonyl (C=O) groups excluding carboxylic acids is 1. The van der Waals surface area contributed by atoms with E-state index in [-0.39, 0.29) is 16.9 Å². The van der Waals surface area contributed by atoms with Gasteiger partial charge in [0.05, 0.1) is 0 Å². The number of rotatable bonds is 5. The van der Waals surface area contributed by atoms with Crippen LogP contribution in [0.1, 0.15) is 29.8 Å². The average molecular weight is 425 g/mol. The van der Waals surface area contributed by atoms with Crippen molar-refractivity contribution < 1.29 is 4.79 Å². The predicted molar refractivity (Wildman–Crippen MR) is 112 cm³/mol. The Hall–Kier alpha value is -2.66. The van der Waals surface area contributed by atoms with Gasteiger partial charge in [0.25, 0.3) is 11.5 Å². The van der Waals surface area contributed by atoms with Crippen LogP contribution in [0.15, 0.2) is 76.0 Å². The Bertz CT molecular complexity index is 993. The summed E-state index contributed by atoms with van der Waals surface area (Å²) >= 11 is 3.43. The molecule has 0 fully saturated rings. The van der Waals surface area contributed by atoms with Gasteiger partial charge in [-0.05, 0) is 35.4 Å². The second-order valence-corrected chi connectivity index (χ2v) is 7.97. The summed E-state index contributed by atoms with van der Waals surface area (Å²) in [5, 5.41) is 2.88. The first-order chi connectivity index (χ1) is 12.9. The van der Waals surface area contributed by atoms with E-state index in [9.17, 15) is 9.59 Å². The van der Waals surface area contributed by atoms with Crippen LogP contribution < -0.4 is 10.9 Å². The number of amides is 1. The Kier molecular flexibility index (Phi) is 5.61. The van der Waals surface area contributed by atoms with Gasteiger partial charge in [0.15, 0.2) is 0 Å². The number of hydrogen-bond acceptors (Lipinski definition) is 2. The van der Waals surface area contributed by atoms with Crippen LogP contribution in [0.5, 0.6) is 0 Å². The van der Waals surface area contributed by atoms with E-state index in [2.05, 4.69) is 40.1 Å². The van der Waals surface area contributed by atoms with Crippen molar-refractivity contribution in [3.05, 3.63) is 92.7 Å². The Morgan fingerprint density at radius 3 is 2.30 bits per heavy atom. The monoisotopic (exact) mass is 424 g/mol. The van der Waals surface area contributed by atoms with Crippen LogP contribution in [-0.4, -0.2) is 17.4 Å². The number of aromatic amines is 1. The zero-order valence-corrected chi connectivity index (χ0v) is 16.8. The molecule has 1 amide bonds. The second-order valence-electron chi connectivity index (χ2n) is 7.05. The van der Waals surface area contributed by atoms with Crippen LogP contribution in [0.4, 0.5) is 0 Å². The van der Waals surface area contributed by atoms with Crippen molar-refractivity contribution >= 4 is 21.8 Å². The van der Waals surface area contributed by atoms with Crippen LogP contribution >= 0.6 is 15.9 Å². The zero-order valence-electron chi connectivity index (χ0n) is 15.3. The van der Waals surface area contributed by atoms with Gasteiger partial charge in [0.2, 0.25) is 0 Å². The Morgan fingerprint density at radius 2 is 1.67 bits per heavy atom. The van der Waals surface area contributed by atoms with E-state index >= 15 is 0 Å².